The predicted molar refractivity (Wildman–Crippen MR) is 101 cm³/mol. The lowest BCUT2D eigenvalue weighted by Crippen LogP contribution is -2.49. The van der Waals surface area contributed by atoms with Gasteiger partial charge < -0.3 is 10.1 Å². The van der Waals surface area contributed by atoms with Crippen molar-refractivity contribution in [1.82, 2.24) is 14.5 Å². The topological polar surface area (TPSA) is 79.0 Å². The van der Waals surface area contributed by atoms with Gasteiger partial charge in [-0.05, 0) is 37.1 Å². The highest BCUT2D eigenvalue weighted by molar-refractivity contribution is 7.89. The highest BCUT2D eigenvalue weighted by Crippen LogP contribution is 2.25. The van der Waals surface area contributed by atoms with Crippen molar-refractivity contribution in [3.05, 3.63) is 29.3 Å². The highest BCUT2D eigenvalue weighted by atomic mass is 35.5. The zero-order valence-corrected chi connectivity index (χ0v) is 16.7. The van der Waals surface area contributed by atoms with Crippen molar-refractivity contribution in [2.24, 2.45) is 0 Å². The Kier molecular flexibility index (Phi) is 7.04. The van der Waals surface area contributed by atoms with Crippen molar-refractivity contribution in [2.45, 2.75) is 24.3 Å². The van der Waals surface area contributed by atoms with Crippen LogP contribution in [0.4, 0.5) is 0 Å². The van der Waals surface area contributed by atoms with E-state index in [1.165, 1.54) is 19.2 Å². The fraction of sp³-hybridized carbons (Fsp3) is 0.588. The summed E-state index contributed by atoms with van der Waals surface area (Å²) in [5.74, 6) is -0.457. The van der Waals surface area contributed by atoms with Crippen molar-refractivity contribution in [3.8, 4) is 0 Å². The lowest BCUT2D eigenvalue weighted by Gasteiger charge is -2.32. The minimum Gasteiger partial charge on any atom is -0.465 e. The first-order chi connectivity index (χ1) is 11.9. The van der Waals surface area contributed by atoms with E-state index in [0.29, 0.717) is 24.2 Å². The number of esters is 1. The van der Waals surface area contributed by atoms with E-state index in [-0.39, 0.29) is 23.3 Å². The van der Waals surface area contributed by atoms with Gasteiger partial charge in [-0.3, -0.25) is 4.90 Å². The lowest BCUT2D eigenvalue weighted by molar-refractivity contribution is 0.0600. The second-order valence-electron chi connectivity index (χ2n) is 6.56. The number of aryl methyl sites for hydroxylation is 1. The molecular weight excluding hydrogens is 378 g/mol. The highest BCUT2D eigenvalue weighted by Gasteiger charge is 2.35. The lowest BCUT2D eigenvalue weighted by atomic mass is 10.1. The number of hydrogen-bond acceptors (Lipinski definition) is 6. The molecule has 0 bridgehead atoms. The van der Waals surface area contributed by atoms with Crippen LogP contribution in [0.3, 0.4) is 0 Å². The number of methoxy groups -OCH3 is 1. The van der Waals surface area contributed by atoms with Crippen molar-refractivity contribution in [3.63, 3.8) is 0 Å². The summed E-state index contributed by atoms with van der Waals surface area (Å²) >= 11 is 0. The molecule has 146 valence electrons. The maximum absolute atomic E-state index is 12.9. The van der Waals surface area contributed by atoms with Crippen LogP contribution in [0.5, 0.6) is 0 Å². The summed E-state index contributed by atoms with van der Waals surface area (Å²) < 4.78 is 32.2. The molecule has 1 aromatic rings. The largest absolute Gasteiger partial charge is 0.465 e. The molecule has 1 N–H and O–H groups in total. The average molecular weight is 404 g/mol. The van der Waals surface area contributed by atoms with Crippen molar-refractivity contribution in [1.29, 1.82) is 0 Å². The Balaban J connectivity index is 0.00000243. The summed E-state index contributed by atoms with van der Waals surface area (Å²) in [7, 11) is -2.23. The van der Waals surface area contributed by atoms with Gasteiger partial charge in [-0.1, -0.05) is 0 Å². The van der Waals surface area contributed by atoms with E-state index in [9.17, 15) is 13.2 Å². The van der Waals surface area contributed by atoms with Gasteiger partial charge in [0.15, 0.2) is 0 Å². The van der Waals surface area contributed by atoms with Crippen molar-refractivity contribution < 1.29 is 17.9 Å². The number of benzene rings is 1. The van der Waals surface area contributed by atoms with Crippen LogP contribution in [0, 0.1) is 6.92 Å². The van der Waals surface area contributed by atoms with Crippen LogP contribution < -0.4 is 5.32 Å². The molecule has 1 atom stereocenters. The van der Waals surface area contributed by atoms with Crippen LogP contribution in [0.2, 0.25) is 0 Å². The number of piperazine rings is 1. The molecule has 3 rings (SSSR count). The predicted octanol–water partition coefficient (Wildman–Crippen LogP) is 0.872. The SMILES string of the molecule is COC(=O)c1ccc(S(=O)(=O)N2CCC(N3CCNCC3)C2)cc1C.Cl. The summed E-state index contributed by atoms with van der Waals surface area (Å²) in [6.45, 7) is 6.62. The molecule has 0 aromatic heterocycles. The standard InChI is InChI=1S/C17H25N3O4S.ClH/c1-13-11-15(3-4-16(13)17(21)24-2)25(22,23)20-8-5-14(12-20)19-9-6-18-7-10-19;/h3-4,11,14,18H,5-10,12H2,1-2H3;1H. The Bertz CT molecular complexity index is 750. The molecule has 2 aliphatic rings. The summed E-state index contributed by atoms with van der Waals surface area (Å²) in [6, 6.07) is 4.86. The van der Waals surface area contributed by atoms with Crippen LogP contribution >= 0.6 is 12.4 Å². The second kappa shape index (κ2) is 8.67. The first kappa shape index (κ1) is 21.1. The zero-order valence-electron chi connectivity index (χ0n) is 15.1. The summed E-state index contributed by atoms with van der Waals surface area (Å²) in [6.07, 6.45) is 0.860. The number of carbonyl (C=O) groups excluding carboxylic acids is 1. The van der Waals surface area contributed by atoms with Gasteiger partial charge in [0, 0.05) is 45.3 Å². The average Bonchev–Trinajstić information content (AvgIpc) is 3.12. The number of nitrogens with zero attached hydrogens (tertiary/aromatic N) is 2. The van der Waals surface area contributed by atoms with Crippen molar-refractivity contribution in [2.75, 3.05) is 46.4 Å². The Hall–Kier alpha value is -1.19. The third kappa shape index (κ3) is 4.20. The van der Waals surface area contributed by atoms with Gasteiger partial charge in [0.1, 0.15) is 0 Å². The maximum Gasteiger partial charge on any atom is 0.338 e. The third-order valence-electron chi connectivity index (χ3n) is 5.04. The number of sulfonamides is 1. The van der Waals surface area contributed by atoms with E-state index >= 15 is 0 Å². The number of rotatable bonds is 4. The van der Waals surface area contributed by atoms with Gasteiger partial charge in [-0.15, -0.1) is 12.4 Å². The summed E-state index contributed by atoms with van der Waals surface area (Å²) in [5.41, 5.74) is 0.993. The molecule has 0 spiro atoms. The van der Waals surface area contributed by atoms with Crippen LogP contribution in [0.15, 0.2) is 23.1 Å². The zero-order chi connectivity index (χ0) is 18.0. The maximum atomic E-state index is 12.9. The van der Waals surface area contributed by atoms with E-state index in [1.807, 2.05) is 0 Å². The van der Waals surface area contributed by atoms with Crippen LogP contribution in [-0.2, 0) is 14.8 Å². The Morgan fingerprint density at radius 1 is 1.23 bits per heavy atom. The number of halogens is 1. The molecule has 0 radical (unpaired) electrons. The number of hydrogen-bond donors (Lipinski definition) is 1. The first-order valence-electron chi connectivity index (χ1n) is 8.57. The molecule has 7 nitrogen and oxygen atoms in total. The molecular formula is C17H26ClN3O4S. The van der Waals surface area contributed by atoms with E-state index in [2.05, 4.69) is 10.2 Å². The van der Waals surface area contributed by atoms with E-state index in [4.69, 9.17) is 4.74 Å². The molecule has 0 aliphatic carbocycles. The molecule has 2 saturated heterocycles. The second-order valence-corrected chi connectivity index (χ2v) is 8.50. The molecule has 0 saturated carbocycles. The van der Waals surface area contributed by atoms with Crippen LogP contribution in [-0.4, -0.2) is 76.0 Å². The van der Waals surface area contributed by atoms with Gasteiger partial charge in [0.2, 0.25) is 10.0 Å². The smallest absolute Gasteiger partial charge is 0.338 e. The molecule has 0 amide bonds. The first-order valence-corrected chi connectivity index (χ1v) is 10.0. The molecule has 1 unspecified atom stereocenters. The van der Waals surface area contributed by atoms with Gasteiger partial charge in [0.05, 0.1) is 17.6 Å². The Morgan fingerprint density at radius 3 is 2.54 bits per heavy atom. The molecule has 2 aliphatic heterocycles. The van der Waals surface area contributed by atoms with Gasteiger partial charge in [-0.2, -0.15) is 4.31 Å². The van der Waals surface area contributed by atoms with E-state index in [1.54, 1.807) is 17.3 Å². The van der Waals surface area contributed by atoms with E-state index in [0.717, 1.165) is 32.6 Å². The molecule has 2 fully saturated rings. The fourth-order valence-electron chi connectivity index (χ4n) is 3.56. The minimum absolute atomic E-state index is 0. The van der Waals surface area contributed by atoms with Gasteiger partial charge in [-0.25, -0.2) is 13.2 Å². The summed E-state index contributed by atoms with van der Waals surface area (Å²) in [5, 5.41) is 3.32. The molecule has 26 heavy (non-hydrogen) atoms. The van der Waals surface area contributed by atoms with Crippen LogP contribution in [0.25, 0.3) is 0 Å². The third-order valence-corrected chi connectivity index (χ3v) is 6.90. The number of ether oxygens (including phenoxy) is 1. The monoisotopic (exact) mass is 403 g/mol. The Labute approximate surface area is 161 Å². The summed E-state index contributed by atoms with van der Waals surface area (Å²) in [4.78, 5) is 14.3. The fourth-order valence-corrected chi connectivity index (χ4v) is 5.14. The van der Waals surface area contributed by atoms with Crippen LogP contribution in [0.1, 0.15) is 22.3 Å². The number of nitrogens with one attached hydrogen (secondary N) is 1. The number of carbonyl (C=O) groups is 1. The van der Waals surface area contributed by atoms with Gasteiger partial charge in [0.25, 0.3) is 0 Å². The van der Waals surface area contributed by atoms with Gasteiger partial charge >= 0.3 is 5.97 Å². The molecule has 9 heteroatoms. The molecule has 1 aromatic carbocycles. The molecule has 2 heterocycles. The normalized spacial score (nSPS) is 22.0. The van der Waals surface area contributed by atoms with Crippen molar-refractivity contribution >= 4 is 28.4 Å². The van der Waals surface area contributed by atoms with E-state index < -0.39 is 16.0 Å². The quantitative estimate of drug-likeness (QED) is 0.751. The Morgan fingerprint density at radius 2 is 1.92 bits per heavy atom. The minimum atomic E-state index is -3.54.